The van der Waals surface area contributed by atoms with Gasteiger partial charge >= 0.3 is 5.97 Å². The summed E-state index contributed by atoms with van der Waals surface area (Å²) in [7, 11) is 0. The van der Waals surface area contributed by atoms with Crippen molar-refractivity contribution in [2.45, 2.75) is 58.3 Å². The number of fused-ring (bicyclic) bond motifs is 1. The summed E-state index contributed by atoms with van der Waals surface area (Å²) in [4.78, 5) is 12.2. The minimum Gasteiger partial charge on any atom is -0.481 e. The van der Waals surface area contributed by atoms with Gasteiger partial charge in [-0.15, -0.1) is 0 Å². The maximum absolute atomic E-state index is 12.2. The summed E-state index contributed by atoms with van der Waals surface area (Å²) in [5.74, 6) is 0.540. The Morgan fingerprint density at radius 1 is 1.29 bits per heavy atom. The summed E-state index contributed by atoms with van der Waals surface area (Å²) < 4.78 is 0. The number of benzene rings is 1. The number of rotatable bonds is 3. The van der Waals surface area contributed by atoms with Crippen molar-refractivity contribution in [3.63, 3.8) is 0 Å². The highest BCUT2D eigenvalue weighted by molar-refractivity contribution is 5.76. The Morgan fingerprint density at radius 3 is 2.76 bits per heavy atom. The van der Waals surface area contributed by atoms with Gasteiger partial charge in [0.25, 0.3) is 0 Å². The quantitative estimate of drug-likeness (QED) is 0.890. The van der Waals surface area contributed by atoms with Gasteiger partial charge in [0.2, 0.25) is 0 Å². The van der Waals surface area contributed by atoms with Crippen molar-refractivity contribution in [2.24, 2.45) is 17.3 Å². The molecule has 0 aliphatic heterocycles. The van der Waals surface area contributed by atoms with Crippen molar-refractivity contribution in [3.8, 4) is 0 Å². The molecule has 2 nitrogen and oxygen atoms in total. The number of carbonyl (C=O) groups is 1. The average molecular weight is 286 g/mol. The predicted molar refractivity (Wildman–Crippen MR) is 84.3 cm³/mol. The van der Waals surface area contributed by atoms with Gasteiger partial charge in [0.15, 0.2) is 0 Å². The lowest BCUT2D eigenvalue weighted by Crippen LogP contribution is -2.45. The largest absolute Gasteiger partial charge is 0.481 e. The molecule has 1 N–H and O–H groups in total. The monoisotopic (exact) mass is 286 g/mol. The van der Waals surface area contributed by atoms with E-state index in [4.69, 9.17) is 0 Å². The molecule has 0 heterocycles. The normalized spacial score (nSPS) is 32.4. The Kier molecular flexibility index (Phi) is 4.05. The summed E-state index contributed by atoms with van der Waals surface area (Å²) >= 11 is 0. The van der Waals surface area contributed by atoms with Crippen LogP contribution in [0.5, 0.6) is 0 Å². The SMILES string of the molecule is CCC1CCCC(C2(C(=O)O)CCc3ccccc3C2)C1. The molecule has 21 heavy (non-hydrogen) atoms. The highest BCUT2D eigenvalue weighted by atomic mass is 16.4. The molecule has 3 atom stereocenters. The molecule has 3 unspecified atom stereocenters. The lowest BCUT2D eigenvalue weighted by atomic mass is 9.59. The summed E-state index contributed by atoms with van der Waals surface area (Å²) in [6.45, 7) is 2.25. The third kappa shape index (κ3) is 2.61. The highest BCUT2D eigenvalue weighted by Crippen LogP contribution is 2.49. The van der Waals surface area contributed by atoms with Crippen molar-refractivity contribution in [3.05, 3.63) is 35.4 Å². The van der Waals surface area contributed by atoms with Gasteiger partial charge in [-0.05, 0) is 55.1 Å². The molecule has 0 aromatic heterocycles. The lowest BCUT2D eigenvalue weighted by Gasteiger charge is -2.44. The average Bonchev–Trinajstić information content (AvgIpc) is 2.54. The van der Waals surface area contributed by atoms with Gasteiger partial charge in [-0.1, -0.05) is 50.5 Å². The van der Waals surface area contributed by atoms with Crippen LogP contribution in [0.2, 0.25) is 0 Å². The molecule has 0 spiro atoms. The van der Waals surface area contributed by atoms with Crippen LogP contribution >= 0.6 is 0 Å². The minimum absolute atomic E-state index is 0.363. The molecule has 2 aliphatic carbocycles. The zero-order chi connectivity index (χ0) is 14.9. The van der Waals surface area contributed by atoms with Crippen LogP contribution in [0.3, 0.4) is 0 Å². The van der Waals surface area contributed by atoms with E-state index in [9.17, 15) is 9.90 Å². The standard InChI is InChI=1S/C19H26O2/c1-2-14-6-5-9-17(12-14)19(18(20)21)11-10-15-7-3-4-8-16(15)13-19/h3-4,7-8,14,17H,2,5-6,9-13H2,1H3,(H,20,21). The van der Waals surface area contributed by atoms with Crippen LogP contribution in [-0.4, -0.2) is 11.1 Å². The third-order valence-electron chi connectivity index (χ3n) is 6.03. The fraction of sp³-hybridized carbons (Fsp3) is 0.632. The number of hydrogen-bond donors (Lipinski definition) is 1. The highest BCUT2D eigenvalue weighted by Gasteiger charge is 2.48. The van der Waals surface area contributed by atoms with Gasteiger partial charge in [-0.2, -0.15) is 0 Å². The first-order valence-corrected chi connectivity index (χ1v) is 8.46. The summed E-state index contributed by atoms with van der Waals surface area (Å²) in [5.41, 5.74) is 2.12. The molecule has 1 saturated carbocycles. The van der Waals surface area contributed by atoms with Crippen molar-refractivity contribution in [2.75, 3.05) is 0 Å². The van der Waals surface area contributed by atoms with E-state index in [2.05, 4.69) is 25.1 Å². The van der Waals surface area contributed by atoms with Crippen LogP contribution in [0.4, 0.5) is 0 Å². The fourth-order valence-electron chi connectivity index (χ4n) is 4.63. The van der Waals surface area contributed by atoms with Crippen LogP contribution in [0, 0.1) is 17.3 Å². The molecule has 1 fully saturated rings. The maximum Gasteiger partial charge on any atom is 0.310 e. The molecular weight excluding hydrogens is 260 g/mol. The molecule has 1 aromatic carbocycles. The van der Waals surface area contributed by atoms with E-state index < -0.39 is 11.4 Å². The van der Waals surface area contributed by atoms with E-state index >= 15 is 0 Å². The Morgan fingerprint density at radius 2 is 2.05 bits per heavy atom. The van der Waals surface area contributed by atoms with E-state index in [0.717, 1.165) is 38.0 Å². The smallest absolute Gasteiger partial charge is 0.310 e. The second-order valence-corrected chi connectivity index (χ2v) is 7.04. The van der Waals surface area contributed by atoms with Crippen molar-refractivity contribution < 1.29 is 9.90 Å². The maximum atomic E-state index is 12.2. The topological polar surface area (TPSA) is 37.3 Å². The molecule has 2 aliphatic rings. The van der Waals surface area contributed by atoms with Crippen LogP contribution in [0.25, 0.3) is 0 Å². The Bertz CT molecular complexity index is 522. The first-order chi connectivity index (χ1) is 10.2. The van der Waals surface area contributed by atoms with Crippen LogP contribution in [0.15, 0.2) is 24.3 Å². The van der Waals surface area contributed by atoms with E-state index in [1.165, 1.54) is 30.4 Å². The number of hydrogen-bond acceptors (Lipinski definition) is 1. The second-order valence-electron chi connectivity index (χ2n) is 7.04. The van der Waals surface area contributed by atoms with Gasteiger partial charge in [-0.25, -0.2) is 0 Å². The van der Waals surface area contributed by atoms with Gasteiger partial charge in [0, 0.05) is 0 Å². The van der Waals surface area contributed by atoms with Crippen LogP contribution in [0.1, 0.15) is 56.6 Å². The summed E-state index contributed by atoms with van der Waals surface area (Å²) in [6, 6.07) is 8.41. The van der Waals surface area contributed by atoms with Gasteiger partial charge in [-0.3, -0.25) is 4.79 Å². The first-order valence-electron chi connectivity index (χ1n) is 8.46. The van der Waals surface area contributed by atoms with E-state index in [1.807, 2.05) is 6.07 Å². The molecule has 0 amide bonds. The second kappa shape index (κ2) is 5.82. The minimum atomic E-state index is -0.557. The predicted octanol–water partition coefficient (Wildman–Crippen LogP) is 4.46. The van der Waals surface area contributed by atoms with Crippen molar-refractivity contribution in [1.82, 2.24) is 0 Å². The number of carboxylic acid groups (broad SMARTS) is 1. The molecule has 0 radical (unpaired) electrons. The Labute approximate surface area is 127 Å². The van der Waals surface area contributed by atoms with E-state index in [0.29, 0.717) is 5.92 Å². The van der Waals surface area contributed by atoms with E-state index in [1.54, 1.807) is 0 Å². The molecule has 0 saturated heterocycles. The van der Waals surface area contributed by atoms with Crippen LogP contribution < -0.4 is 0 Å². The van der Waals surface area contributed by atoms with Crippen molar-refractivity contribution >= 4 is 5.97 Å². The third-order valence-corrected chi connectivity index (χ3v) is 6.03. The zero-order valence-electron chi connectivity index (χ0n) is 13.0. The van der Waals surface area contributed by atoms with Gasteiger partial charge in [0.1, 0.15) is 0 Å². The fourth-order valence-corrected chi connectivity index (χ4v) is 4.63. The van der Waals surface area contributed by atoms with Crippen molar-refractivity contribution in [1.29, 1.82) is 0 Å². The number of carboxylic acids is 1. The molecular formula is C19H26O2. The summed E-state index contributed by atoms with van der Waals surface area (Å²) in [6.07, 6.45) is 8.40. The van der Waals surface area contributed by atoms with Crippen LogP contribution in [-0.2, 0) is 17.6 Å². The number of aliphatic carboxylic acids is 1. The molecule has 114 valence electrons. The number of aryl methyl sites for hydroxylation is 1. The molecule has 3 rings (SSSR count). The lowest BCUT2D eigenvalue weighted by molar-refractivity contribution is -0.155. The Balaban J connectivity index is 1.89. The zero-order valence-corrected chi connectivity index (χ0v) is 13.0. The summed E-state index contributed by atoms with van der Waals surface area (Å²) in [5, 5.41) is 10.0. The van der Waals surface area contributed by atoms with E-state index in [-0.39, 0.29) is 0 Å². The van der Waals surface area contributed by atoms with Gasteiger partial charge < -0.3 is 5.11 Å². The van der Waals surface area contributed by atoms with Gasteiger partial charge in [0.05, 0.1) is 5.41 Å². The Hall–Kier alpha value is -1.31. The molecule has 1 aromatic rings. The molecule has 0 bridgehead atoms. The molecule has 2 heteroatoms. The first kappa shape index (κ1) is 14.6.